The van der Waals surface area contributed by atoms with Crippen LogP contribution in [0.2, 0.25) is 0 Å². The molecule has 0 saturated carbocycles. The van der Waals surface area contributed by atoms with Crippen molar-refractivity contribution in [3.8, 4) is 5.75 Å². The number of piperazine rings is 1. The van der Waals surface area contributed by atoms with E-state index in [2.05, 4.69) is 0 Å². The topological polar surface area (TPSA) is 45.9 Å². The number of furan rings is 1. The van der Waals surface area contributed by atoms with E-state index in [1.54, 1.807) is 23.1 Å². The van der Waals surface area contributed by atoms with Crippen molar-refractivity contribution in [1.82, 2.24) is 9.80 Å². The fraction of sp³-hybridized carbons (Fsp3) is 0.250. The fourth-order valence-electron chi connectivity index (χ4n) is 4.35. The molecule has 1 aromatic heterocycles. The molecule has 1 aliphatic heterocycles. The number of halogens is 3. The summed E-state index contributed by atoms with van der Waals surface area (Å²) < 4.78 is 50.5. The summed E-state index contributed by atoms with van der Waals surface area (Å²) in [5.41, 5.74) is -0.0428. The van der Waals surface area contributed by atoms with Crippen molar-refractivity contribution in [3.05, 3.63) is 102 Å². The molecule has 3 aromatic carbocycles. The van der Waals surface area contributed by atoms with E-state index in [9.17, 15) is 18.0 Å². The number of hydrogen-bond acceptors (Lipinski definition) is 4. The number of alkyl halides is 3. The van der Waals surface area contributed by atoms with Crippen LogP contribution < -0.4 is 4.74 Å². The highest BCUT2D eigenvalue weighted by Crippen LogP contribution is 2.30. The molecule has 0 bridgehead atoms. The monoisotopic (exact) mass is 494 g/mol. The second-order valence-electron chi connectivity index (χ2n) is 8.83. The average Bonchev–Trinajstić information content (AvgIpc) is 3.36. The van der Waals surface area contributed by atoms with Crippen LogP contribution in [0.4, 0.5) is 13.2 Å². The lowest BCUT2D eigenvalue weighted by molar-refractivity contribution is -0.137. The van der Waals surface area contributed by atoms with Crippen LogP contribution in [-0.2, 0) is 19.3 Å². The lowest BCUT2D eigenvalue weighted by Gasteiger charge is -2.34. The van der Waals surface area contributed by atoms with Gasteiger partial charge in [0.05, 0.1) is 5.56 Å². The Labute approximate surface area is 206 Å². The van der Waals surface area contributed by atoms with Crippen molar-refractivity contribution < 1.29 is 27.1 Å². The molecule has 186 valence electrons. The summed E-state index contributed by atoms with van der Waals surface area (Å²) in [4.78, 5) is 16.7. The molecule has 0 unspecified atom stereocenters. The highest BCUT2D eigenvalue weighted by molar-refractivity contribution is 5.91. The predicted octanol–water partition coefficient (Wildman–Crippen LogP) is 5.99. The summed E-state index contributed by atoms with van der Waals surface area (Å²) >= 11 is 0. The third-order valence-electron chi connectivity index (χ3n) is 6.29. The zero-order valence-corrected chi connectivity index (χ0v) is 19.5. The Morgan fingerprint density at radius 2 is 1.64 bits per heavy atom. The molecule has 1 amide bonds. The van der Waals surface area contributed by atoms with Gasteiger partial charge in [-0.1, -0.05) is 48.5 Å². The van der Waals surface area contributed by atoms with Gasteiger partial charge in [-0.15, -0.1) is 0 Å². The van der Waals surface area contributed by atoms with E-state index in [0.717, 1.165) is 22.6 Å². The summed E-state index contributed by atoms with van der Waals surface area (Å²) in [5.74, 6) is 1.31. The summed E-state index contributed by atoms with van der Waals surface area (Å²) in [7, 11) is 0. The number of nitrogens with zero attached hydrogens (tertiary/aromatic N) is 2. The van der Waals surface area contributed by atoms with Gasteiger partial charge in [0.25, 0.3) is 5.91 Å². The maximum atomic E-state index is 13.0. The maximum Gasteiger partial charge on any atom is 0.416 e. The van der Waals surface area contributed by atoms with Crippen LogP contribution in [0.1, 0.15) is 27.4 Å². The highest BCUT2D eigenvalue weighted by atomic mass is 19.4. The minimum Gasteiger partial charge on any atom is -0.486 e. The molecule has 1 saturated heterocycles. The van der Waals surface area contributed by atoms with Crippen molar-refractivity contribution in [2.45, 2.75) is 19.3 Å². The van der Waals surface area contributed by atoms with Gasteiger partial charge in [0.2, 0.25) is 0 Å². The van der Waals surface area contributed by atoms with Gasteiger partial charge >= 0.3 is 6.18 Å². The summed E-state index contributed by atoms with van der Waals surface area (Å²) in [6.45, 7) is 2.70. The first-order valence-corrected chi connectivity index (χ1v) is 11.7. The molecule has 1 aliphatic rings. The Morgan fingerprint density at radius 1 is 0.861 bits per heavy atom. The van der Waals surface area contributed by atoms with Crippen molar-refractivity contribution in [1.29, 1.82) is 0 Å². The lowest BCUT2D eigenvalue weighted by atomic mass is 10.1. The van der Waals surface area contributed by atoms with Gasteiger partial charge in [0.1, 0.15) is 18.1 Å². The van der Waals surface area contributed by atoms with E-state index in [1.807, 2.05) is 47.4 Å². The molecule has 5 nitrogen and oxygen atoms in total. The summed E-state index contributed by atoms with van der Waals surface area (Å²) in [6, 6.07) is 22.6. The number of hydrogen-bond donors (Lipinski definition) is 0. The third-order valence-corrected chi connectivity index (χ3v) is 6.29. The van der Waals surface area contributed by atoms with Gasteiger partial charge < -0.3 is 14.1 Å². The maximum absolute atomic E-state index is 13.0. The third kappa shape index (κ3) is 5.54. The average molecular weight is 495 g/mol. The van der Waals surface area contributed by atoms with Crippen LogP contribution in [0.3, 0.4) is 0 Å². The molecule has 1 fully saturated rings. The Hall–Kier alpha value is -3.78. The Morgan fingerprint density at radius 3 is 2.42 bits per heavy atom. The Balaban J connectivity index is 1.13. The molecule has 0 radical (unpaired) electrons. The molecule has 4 aromatic rings. The highest BCUT2D eigenvalue weighted by Gasteiger charge is 2.30. The molecule has 8 heteroatoms. The van der Waals surface area contributed by atoms with E-state index in [-0.39, 0.29) is 18.3 Å². The normalized spacial score (nSPS) is 14.8. The molecule has 36 heavy (non-hydrogen) atoms. The second-order valence-corrected chi connectivity index (χ2v) is 8.83. The van der Waals surface area contributed by atoms with E-state index in [1.165, 1.54) is 12.1 Å². The van der Waals surface area contributed by atoms with E-state index in [4.69, 9.17) is 9.15 Å². The molecule has 5 rings (SSSR count). The molecule has 0 spiro atoms. The fourth-order valence-corrected chi connectivity index (χ4v) is 4.35. The Kier molecular flexibility index (Phi) is 6.69. The minimum atomic E-state index is -4.36. The van der Waals surface area contributed by atoms with Crippen LogP contribution in [0.5, 0.6) is 5.75 Å². The van der Waals surface area contributed by atoms with Crippen LogP contribution in [0, 0.1) is 0 Å². The molecule has 0 aliphatic carbocycles. The number of amides is 1. The van der Waals surface area contributed by atoms with Crippen molar-refractivity contribution in [2.24, 2.45) is 0 Å². The number of carbonyl (C=O) groups is 1. The lowest BCUT2D eigenvalue weighted by Crippen LogP contribution is -2.48. The molecule has 2 heterocycles. The van der Waals surface area contributed by atoms with Gasteiger partial charge in [0.15, 0.2) is 5.76 Å². The first-order valence-electron chi connectivity index (χ1n) is 11.7. The minimum absolute atomic E-state index is 0.203. The van der Waals surface area contributed by atoms with Crippen molar-refractivity contribution in [2.75, 3.05) is 26.2 Å². The second kappa shape index (κ2) is 10.1. The van der Waals surface area contributed by atoms with E-state index in [0.29, 0.717) is 44.0 Å². The first-order chi connectivity index (χ1) is 17.3. The number of fused-ring (bicyclic) bond motifs is 1. The van der Waals surface area contributed by atoms with Crippen molar-refractivity contribution >= 4 is 16.7 Å². The Bertz CT molecular complexity index is 1360. The van der Waals surface area contributed by atoms with Crippen LogP contribution in [0.15, 0.2) is 83.3 Å². The van der Waals surface area contributed by atoms with Gasteiger partial charge in [-0.25, -0.2) is 0 Å². The summed E-state index contributed by atoms with van der Waals surface area (Å²) in [6.07, 6.45) is -4.36. The SMILES string of the molecule is O=C(c1ccc(COc2ccc3ccccc3c2)o1)N1CCN(Cc2cccc(C(F)(F)F)c2)CC1. The zero-order chi connectivity index (χ0) is 25.1. The van der Waals surface area contributed by atoms with Gasteiger partial charge in [-0.3, -0.25) is 9.69 Å². The number of rotatable bonds is 6. The van der Waals surface area contributed by atoms with Crippen LogP contribution in [0.25, 0.3) is 10.8 Å². The zero-order valence-electron chi connectivity index (χ0n) is 19.5. The molecular weight excluding hydrogens is 469 g/mol. The van der Waals surface area contributed by atoms with Crippen LogP contribution in [-0.4, -0.2) is 41.9 Å². The number of benzene rings is 3. The van der Waals surface area contributed by atoms with Gasteiger partial charge in [0, 0.05) is 32.7 Å². The van der Waals surface area contributed by atoms with E-state index < -0.39 is 11.7 Å². The quantitative estimate of drug-likeness (QED) is 0.330. The molecule has 0 atom stereocenters. The summed E-state index contributed by atoms with van der Waals surface area (Å²) in [5, 5.41) is 2.21. The molecule has 0 N–H and O–H groups in total. The van der Waals surface area contributed by atoms with E-state index >= 15 is 0 Å². The van der Waals surface area contributed by atoms with Gasteiger partial charge in [-0.2, -0.15) is 13.2 Å². The van der Waals surface area contributed by atoms with Crippen LogP contribution >= 0.6 is 0 Å². The predicted molar refractivity (Wildman–Crippen MR) is 130 cm³/mol. The number of ether oxygens (including phenoxy) is 1. The molecular formula is C28H25F3N2O3. The van der Waals surface area contributed by atoms with Crippen molar-refractivity contribution in [3.63, 3.8) is 0 Å². The first kappa shape index (κ1) is 23.9. The smallest absolute Gasteiger partial charge is 0.416 e. The van der Waals surface area contributed by atoms with Gasteiger partial charge in [-0.05, 0) is 46.7 Å². The largest absolute Gasteiger partial charge is 0.486 e. The standard InChI is InChI=1S/C28H25F3N2O3/c29-28(30,31)23-7-3-4-20(16-23)18-32-12-14-33(15-13-32)27(34)26-11-10-25(36-26)19-35-24-9-8-21-5-1-2-6-22(21)17-24/h1-11,16-17H,12-15,18-19H2. The number of carbonyl (C=O) groups excluding carboxylic acids is 1.